The van der Waals surface area contributed by atoms with Gasteiger partial charge in [0, 0.05) is 52.0 Å². The van der Waals surface area contributed by atoms with Crippen LogP contribution in [0.15, 0.2) is 24.4 Å². The maximum atomic E-state index is 12.4. The van der Waals surface area contributed by atoms with Crippen LogP contribution in [0, 0.1) is 5.92 Å². The van der Waals surface area contributed by atoms with Gasteiger partial charge >= 0.3 is 0 Å². The lowest BCUT2D eigenvalue weighted by Crippen LogP contribution is -2.50. The minimum absolute atomic E-state index is 0.191. The topological polar surface area (TPSA) is 48.9 Å². The van der Waals surface area contributed by atoms with Crippen LogP contribution in [0.2, 0.25) is 0 Å². The predicted octanol–water partition coefficient (Wildman–Crippen LogP) is 2.26. The molecule has 1 atom stereocenters. The highest BCUT2D eigenvalue weighted by Crippen LogP contribution is 2.20. The van der Waals surface area contributed by atoms with Gasteiger partial charge in [0.1, 0.15) is 5.82 Å². The summed E-state index contributed by atoms with van der Waals surface area (Å²) in [6, 6.07) is 6.10. The Labute approximate surface area is 163 Å². The number of carbonyl (C=O) groups is 1. The van der Waals surface area contributed by atoms with Crippen molar-refractivity contribution in [3.8, 4) is 0 Å². The highest BCUT2D eigenvalue weighted by atomic mass is 16.5. The number of amides is 1. The van der Waals surface area contributed by atoms with E-state index in [1.807, 2.05) is 26.1 Å². The first-order valence-electron chi connectivity index (χ1n) is 10.4. The highest BCUT2D eigenvalue weighted by Gasteiger charge is 2.26. The van der Waals surface area contributed by atoms with E-state index in [2.05, 4.69) is 31.8 Å². The van der Waals surface area contributed by atoms with Gasteiger partial charge in [-0.1, -0.05) is 6.07 Å². The molecule has 3 heterocycles. The zero-order valence-electron chi connectivity index (χ0n) is 16.8. The summed E-state index contributed by atoms with van der Waals surface area (Å²) in [4.78, 5) is 23.9. The van der Waals surface area contributed by atoms with Gasteiger partial charge < -0.3 is 14.5 Å². The third-order valence-electron chi connectivity index (χ3n) is 5.50. The van der Waals surface area contributed by atoms with Crippen LogP contribution in [0.3, 0.4) is 0 Å². The van der Waals surface area contributed by atoms with E-state index < -0.39 is 0 Å². The number of piperazine rings is 1. The molecule has 0 saturated carbocycles. The van der Waals surface area contributed by atoms with Crippen LogP contribution in [-0.2, 0) is 9.53 Å². The second kappa shape index (κ2) is 10.0. The fourth-order valence-electron chi connectivity index (χ4n) is 4.05. The summed E-state index contributed by atoms with van der Waals surface area (Å²) in [6.07, 6.45) is 4.91. The van der Waals surface area contributed by atoms with Crippen LogP contribution in [0.5, 0.6) is 0 Å². The van der Waals surface area contributed by atoms with E-state index in [0.717, 1.165) is 58.1 Å². The van der Waals surface area contributed by atoms with Crippen molar-refractivity contribution in [2.45, 2.75) is 39.2 Å². The number of anilines is 1. The number of rotatable bonds is 7. The summed E-state index contributed by atoms with van der Waals surface area (Å²) in [7, 11) is 0. The molecule has 3 rings (SSSR count). The summed E-state index contributed by atoms with van der Waals surface area (Å²) in [5, 5.41) is 0. The number of hydrogen-bond donors (Lipinski definition) is 0. The zero-order valence-corrected chi connectivity index (χ0v) is 16.8. The molecular formula is C21H34N4O2. The fourth-order valence-corrected chi connectivity index (χ4v) is 4.05. The summed E-state index contributed by atoms with van der Waals surface area (Å²) >= 11 is 0. The number of piperidine rings is 1. The molecule has 2 saturated heterocycles. The van der Waals surface area contributed by atoms with Gasteiger partial charge in [0.15, 0.2) is 0 Å². The quantitative estimate of drug-likeness (QED) is 0.733. The van der Waals surface area contributed by atoms with E-state index in [1.54, 1.807) is 0 Å². The molecule has 0 N–H and O–H groups in total. The first-order valence-corrected chi connectivity index (χ1v) is 10.4. The molecule has 0 aliphatic carbocycles. The van der Waals surface area contributed by atoms with Gasteiger partial charge in [-0.2, -0.15) is 0 Å². The Bertz CT molecular complexity index is 573. The summed E-state index contributed by atoms with van der Waals surface area (Å²) in [5.41, 5.74) is 0. The normalized spacial score (nSPS) is 21.7. The molecule has 0 radical (unpaired) electrons. The molecule has 0 spiro atoms. The Hall–Kier alpha value is -1.66. The molecule has 6 heteroatoms. The molecule has 150 valence electrons. The molecule has 0 aromatic carbocycles. The molecule has 2 aliphatic rings. The minimum Gasteiger partial charge on any atom is -0.378 e. The van der Waals surface area contributed by atoms with Gasteiger partial charge in [-0.15, -0.1) is 0 Å². The van der Waals surface area contributed by atoms with Crippen molar-refractivity contribution in [3.63, 3.8) is 0 Å². The van der Waals surface area contributed by atoms with Crippen LogP contribution in [-0.4, -0.2) is 79.2 Å². The van der Waals surface area contributed by atoms with Crippen LogP contribution < -0.4 is 4.90 Å². The van der Waals surface area contributed by atoms with Crippen LogP contribution in [0.4, 0.5) is 5.82 Å². The van der Waals surface area contributed by atoms with E-state index in [-0.39, 0.29) is 12.0 Å². The molecule has 1 amide bonds. The van der Waals surface area contributed by atoms with Crippen molar-refractivity contribution in [3.05, 3.63) is 24.4 Å². The van der Waals surface area contributed by atoms with Crippen molar-refractivity contribution in [1.29, 1.82) is 0 Å². The van der Waals surface area contributed by atoms with E-state index >= 15 is 0 Å². The maximum Gasteiger partial charge on any atom is 0.224 e. The summed E-state index contributed by atoms with van der Waals surface area (Å²) in [6.45, 7) is 11.7. The maximum absolute atomic E-state index is 12.4. The lowest BCUT2D eigenvalue weighted by molar-refractivity contribution is -0.134. The van der Waals surface area contributed by atoms with Gasteiger partial charge in [-0.05, 0) is 44.7 Å². The monoisotopic (exact) mass is 374 g/mol. The number of hydrogen-bond acceptors (Lipinski definition) is 5. The third kappa shape index (κ3) is 6.18. The molecule has 2 aliphatic heterocycles. The van der Waals surface area contributed by atoms with Crippen molar-refractivity contribution in [1.82, 2.24) is 14.8 Å². The average molecular weight is 375 g/mol. The lowest BCUT2D eigenvalue weighted by atomic mass is 9.97. The van der Waals surface area contributed by atoms with Crippen LogP contribution in [0.1, 0.15) is 33.1 Å². The van der Waals surface area contributed by atoms with E-state index in [1.165, 1.54) is 6.42 Å². The van der Waals surface area contributed by atoms with Crippen molar-refractivity contribution >= 4 is 11.7 Å². The van der Waals surface area contributed by atoms with Gasteiger partial charge in [0.2, 0.25) is 5.91 Å². The van der Waals surface area contributed by atoms with Gasteiger partial charge in [0.05, 0.1) is 19.1 Å². The van der Waals surface area contributed by atoms with Gasteiger partial charge in [0.25, 0.3) is 0 Å². The number of nitrogens with zero attached hydrogens (tertiary/aromatic N) is 4. The first kappa shape index (κ1) is 20.1. The number of ether oxygens (including phenoxy) is 1. The van der Waals surface area contributed by atoms with Crippen molar-refractivity contribution in [2.75, 3.05) is 57.3 Å². The third-order valence-corrected chi connectivity index (χ3v) is 5.50. The number of carbonyl (C=O) groups excluding carboxylic acids is 1. The first-order chi connectivity index (χ1) is 13.1. The molecule has 1 unspecified atom stereocenters. The predicted molar refractivity (Wildman–Crippen MR) is 108 cm³/mol. The lowest BCUT2D eigenvalue weighted by Gasteiger charge is -2.39. The molecule has 0 bridgehead atoms. The largest absolute Gasteiger partial charge is 0.378 e. The number of aromatic nitrogens is 1. The van der Waals surface area contributed by atoms with E-state index in [4.69, 9.17) is 4.74 Å². The Morgan fingerprint density at radius 1 is 1.22 bits per heavy atom. The van der Waals surface area contributed by atoms with Crippen LogP contribution in [0.25, 0.3) is 0 Å². The Balaban J connectivity index is 1.40. The molecule has 2 fully saturated rings. The zero-order chi connectivity index (χ0) is 19.1. The summed E-state index contributed by atoms with van der Waals surface area (Å²) in [5.74, 6) is 1.92. The van der Waals surface area contributed by atoms with Crippen molar-refractivity contribution in [2.24, 2.45) is 5.92 Å². The SMILES string of the molecule is CC(C)OCCC(=O)N1CCCC(CN2CCN(c3ccccn3)CC2)C1. The summed E-state index contributed by atoms with van der Waals surface area (Å²) < 4.78 is 5.53. The minimum atomic E-state index is 0.191. The van der Waals surface area contributed by atoms with Gasteiger partial charge in [-0.25, -0.2) is 4.98 Å². The molecule has 1 aromatic heterocycles. The van der Waals surface area contributed by atoms with Crippen molar-refractivity contribution < 1.29 is 9.53 Å². The number of pyridine rings is 1. The second-order valence-electron chi connectivity index (χ2n) is 7.99. The van der Waals surface area contributed by atoms with Crippen LogP contribution >= 0.6 is 0 Å². The number of likely N-dealkylation sites (tertiary alicyclic amines) is 1. The smallest absolute Gasteiger partial charge is 0.224 e. The highest BCUT2D eigenvalue weighted by molar-refractivity contribution is 5.76. The molecular weight excluding hydrogens is 340 g/mol. The molecule has 1 aromatic rings. The van der Waals surface area contributed by atoms with E-state index in [9.17, 15) is 4.79 Å². The Morgan fingerprint density at radius 2 is 2.04 bits per heavy atom. The second-order valence-corrected chi connectivity index (χ2v) is 7.99. The fraction of sp³-hybridized carbons (Fsp3) is 0.714. The van der Waals surface area contributed by atoms with E-state index in [0.29, 0.717) is 18.9 Å². The average Bonchev–Trinajstić information content (AvgIpc) is 2.69. The Kier molecular flexibility index (Phi) is 7.47. The Morgan fingerprint density at radius 3 is 2.74 bits per heavy atom. The molecule has 6 nitrogen and oxygen atoms in total. The standard InChI is InChI=1S/C21H34N4O2/c1-18(2)27-15-8-21(26)25-10-5-6-19(17-25)16-23-11-13-24(14-12-23)20-7-3-4-9-22-20/h3-4,7,9,18-19H,5-6,8,10-17H2,1-2H3. The molecule has 27 heavy (non-hydrogen) atoms. The van der Waals surface area contributed by atoms with Gasteiger partial charge in [-0.3, -0.25) is 9.69 Å².